The summed E-state index contributed by atoms with van der Waals surface area (Å²) in [7, 11) is 0. The maximum Gasteiger partial charge on any atom is 0.217 e. The number of aliphatic hydroxyl groups excluding tert-OH is 22. The van der Waals surface area contributed by atoms with Crippen molar-refractivity contribution in [3.8, 4) is 0 Å². The molecule has 8 saturated heterocycles. The van der Waals surface area contributed by atoms with Gasteiger partial charge in [-0.2, -0.15) is 0 Å². The van der Waals surface area contributed by atoms with Gasteiger partial charge < -0.3 is 194 Å². The van der Waals surface area contributed by atoms with Crippen LogP contribution >= 0.6 is 0 Å². The molecule has 8 heterocycles. The quantitative estimate of drug-likeness (QED) is 0.0479. The molecule has 0 saturated carbocycles. The second-order valence-corrected chi connectivity index (χ2v) is 23.9. The molecule has 8 rings (SSSR count). The van der Waals surface area contributed by atoms with E-state index in [4.69, 9.17) is 71.1 Å². The number of carbonyl (C=O) groups is 2. The Balaban J connectivity index is 1.18. The fourth-order valence-corrected chi connectivity index (χ4v) is 12.0. The lowest BCUT2D eigenvalue weighted by Crippen LogP contribution is -2.71. The molecule has 41 nitrogen and oxygen atoms in total. The van der Waals surface area contributed by atoms with Gasteiger partial charge in [-0.3, -0.25) is 9.59 Å². The van der Waals surface area contributed by atoms with E-state index in [9.17, 15) is 122 Å². The second-order valence-electron chi connectivity index (χ2n) is 23.9. The Morgan fingerprint density at radius 2 is 0.645 bits per heavy atom. The molecule has 8 aliphatic heterocycles. The first-order valence-corrected chi connectivity index (χ1v) is 29.9. The number of carbonyl (C=O) groups excluding carboxylic acids is 2. The van der Waals surface area contributed by atoms with Crippen molar-refractivity contribution in [3.63, 3.8) is 0 Å². The van der Waals surface area contributed by atoms with Crippen LogP contribution in [-0.4, -0.2) is 409 Å². The summed E-state index contributed by atoms with van der Waals surface area (Å²) in [5, 5.41) is 246. The number of hydrogen-bond acceptors (Lipinski definition) is 39. The summed E-state index contributed by atoms with van der Waals surface area (Å²) in [5.74, 6) is -1.76. The van der Waals surface area contributed by atoms with Gasteiger partial charge in [-0.1, -0.05) is 0 Å². The lowest BCUT2D eigenvalue weighted by atomic mass is 9.93. The summed E-state index contributed by atoms with van der Waals surface area (Å²) in [6.45, 7) is -1.95. The standard InChI is InChI=1S/C52H88N2O39/c1-11-23(62)29(68)35(74)48(80-11)91-42-22(54-14(4)61)45(78)82-19(9-59)40(42)89-46-21(53-13(3)60)28(67)39(18(8-58)86-46)88-51-38(77)43(92-50-37(76)32(71)26(65)16(6-56)84-50)41(20(87-51)10-79-47-34(73)31(70)25(64)15(5-55)83-47)90-52-44(33(72)27(66)17(7-57)85-52)93-49-36(75)30(69)24(63)12(2)81-49/h11-12,15-52,55-59,62-78H,5-10H2,1-4H3,(H,53,60)(H,54,61)/t11-,12-,15+,16+,17+,18+,19+,20+,21+,22+,23+,24+,25+,26+,27-,28+,29+,30+,31-,32-,33-,34-,35-,36-,37-,38-,39+,40+,41+,42+,43+,44+,45+,46-,47-,48-,49-,50+,51-,52-/m0/s1. The molecular weight excluding hydrogens is 1280 g/mol. The summed E-state index contributed by atoms with van der Waals surface area (Å²) in [4.78, 5) is 25.7. The topological polar surface area (TPSA) is 642 Å². The highest BCUT2D eigenvalue weighted by Gasteiger charge is 2.60. The van der Waals surface area contributed by atoms with Crippen LogP contribution in [0.4, 0.5) is 0 Å². The van der Waals surface area contributed by atoms with Crippen molar-refractivity contribution in [2.75, 3.05) is 39.6 Å². The van der Waals surface area contributed by atoms with E-state index in [1.807, 2.05) is 0 Å². The molecule has 93 heavy (non-hydrogen) atoms. The number of amides is 2. The summed E-state index contributed by atoms with van der Waals surface area (Å²) in [5.41, 5.74) is 0. The largest absolute Gasteiger partial charge is 0.394 e. The van der Waals surface area contributed by atoms with Gasteiger partial charge in [0.05, 0.1) is 51.8 Å². The summed E-state index contributed by atoms with van der Waals surface area (Å²) >= 11 is 0. The molecule has 2 amide bonds. The van der Waals surface area contributed by atoms with Gasteiger partial charge in [-0.05, 0) is 13.8 Å². The van der Waals surface area contributed by atoms with Crippen molar-refractivity contribution >= 4 is 11.8 Å². The summed E-state index contributed by atoms with van der Waals surface area (Å²) in [6.07, 6.45) is -76.2. The van der Waals surface area contributed by atoms with Crippen LogP contribution in [0.2, 0.25) is 0 Å². The minimum absolute atomic E-state index is 0.820. The molecule has 40 atom stereocenters. The molecule has 0 radical (unpaired) electrons. The van der Waals surface area contributed by atoms with Crippen molar-refractivity contribution in [1.82, 2.24) is 10.6 Å². The molecule has 0 aromatic carbocycles. The summed E-state index contributed by atoms with van der Waals surface area (Å²) in [6, 6.07) is -3.65. The van der Waals surface area contributed by atoms with Crippen LogP contribution < -0.4 is 10.6 Å². The maximum atomic E-state index is 13.1. The number of hydrogen-bond donors (Lipinski definition) is 24. The van der Waals surface area contributed by atoms with Crippen molar-refractivity contribution in [3.05, 3.63) is 0 Å². The van der Waals surface area contributed by atoms with Gasteiger partial charge in [-0.25, -0.2) is 0 Å². The third kappa shape index (κ3) is 16.4. The van der Waals surface area contributed by atoms with E-state index >= 15 is 0 Å². The first kappa shape index (κ1) is 76.2. The first-order valence-electron chi connectivity index (χ1n) is 29.9. The molecule has 0 unspecified atom stereocenters. The van der Waals surface area contributed by atoms with E-state index in [0.29, 0.717) is 0 Å². The molecular formula is C52H88N2O39. The molecule has 0 aromatic rings. The fraction of sp³-hybridized carbons (Fsp3) is 0.962. The third-order valence-corrected chi connectivity index (χ3v) is 17.4. The number of aliphatic hydroxyl groups is 22. The molecule has 24 N–H and O–H groups in total. The number of ether oxygens (including phenoxy) is 15. The minimum atomic E-state index is -2.53. The first-order chi connectivity index (χ1) is 43.9. The van der Waals surface area contributed by atoms with E-state index in [0.717, 1.165) is 13.8 Å². The van der Waals surface area contributed by atoms with E-state index in [2.05, 4.69) is 10.6 Å². The Hall–Kier alpha value is -2.54. The van der Waals surface area contributed by atoms with E-state index in [1.165, 1.54) is 13.8 Å². The average molecular weight is 1370 g/mol. The minimum Gasteiger partial charge on any atom is -0.394 e. The van der Waals surface area contributed by atoms with Gasteiger partial charge in [0.2, 0.25) is 11.8 Å². The molecule has 0 aromatic heterocycles. The smallest absolute Gasteiger partial charge is 0.217 e. The molecule has 0 bridgehead atoms. The fourth-order valence-electron chi connectivity index (χ4n) is 12.0. The lowest BCUT2D eigenvalue weighted by molar-refractivity contribution is -0.411. The molecule has 0 spiro atoms. The number of rotatable bonds is 22. The Labute approximate surface area is 527 Å². The zero-order valence-electron chi connectivity index (χ0n) is 50.1. The van der Waals surface area contributed by atoms with Crippen LogP contribution in [-0.2, 0) is 80.6 Å². The van der Waals surface area contributed by atoms with Gasteiger partial charge >= 0.3 is 0 Å². The van der Waals surface area contributed by atoms with Gasteiger partial charge in [0.1, 0.15) is 183 Å². The maximum absolute atomic E-state index is 13.1. The molecule has 0 aliphatic carbocycles. The highest BCUT2D eigenvalue weighted by Crippen LogP contribution is 2.40. The number of nitrogens with one attached hydrogen (secondary N) is 2. The second kappa shape index (κ2) is 32.6. The average Bonchev–Trinajstić information content (AvgIpc) is 0.789. The highest BCUT2D eigenvalue weighted by molar-refractivity contribution is 5.73. The Morgan fingerprint density at radius 1 is 0.301 bits per heavy atom. The summed E-state index contributed by atoms with van der Waals surface area (Å²) < 4.78 is 89.2. The normalized spacial score (nSPS) is 51.6. The molecule has 8 aliphatic rings. The van der Waals surface area contributed by atoms with Crippen molar-refractivity contribution < 1.29 is 193 Å². The van der Waals surface area contributed by atoms with Crippen LogP contribution in [0.25, 0.3) is 0 Å². The predicted octanol–water partition coefficient (Wildman–Crippen LogP) is -16.1. The monoisotopic (exact) mass is 1360 g/mol. The molecule has 8 fully saturated rings. The van der Waals surface area contributed by atoms with Crippen molar-refractivity contribution in [2.45, 2.75) is 273 Å². The Morgan fingerprint density at radius 3 is 1.15 bits per heavy atom. The van der Waals surface area contributed by atoms with Gasteiger partial charge in [0.15, 0.2) is 50.3 Å². The van der Waals surface area contributed by atoms with Gasteiger partial charge in [-0.15, -0.1) is 0 Å². The van der Waals surface area contributed by atoms with Crippen LogP contribution in [0, 0.1) is 0 Å². The zero-order valence-corrected chi connectivity index (χ0v) is 50.1. The predicted molar refractivity (Wildman–Crippen MR) is 285 cm³/mol. The Bertz CT molecular complexity index is 2350. The van der Waals surface area contributed by atoms with Gasteiger partial charge in [0.25, 0.3) is 0 Å². The third-order valence-electron chi connectivity index (χ3n) is 17.4. The van der Waals surface area contributed by atoms with Crippen LogP contribution in [0.3, 0.4) is 0 Å². The lowest BCUT2D eigenvalue weighted by Gasteiger charge is -2.52. The Kier molecular flexibility index (Phi) is 26.7. The SMILES string of the molecule is CC(=O)N[C@@H]1[C@@H](O[C@@H]2O[C@@H](C)[C@@H](O)[C@@H](O)[C@@H]2O)[C@H](O[C@@H]2O[C@H](CO)[C@@H](O[C@@H]3O[C@H](CO[C@H]4O[C@H](CO)[C@@H](O)[C@H](O)[C@@H]4O)[C@@H](O[C@@H]4O[C@H](CO)[C@H](O)[C@H](O)[C@H]4O[C@@H]4O[C@@H](C)[C@@H](O)[C@@H](O)[C@@H]4O)[C@H](O[C@H]4O[C@H](CO)[C@@H](O)[C@H](O)[C@@H]4O)[C@@H]3O)[C@H](O)[C@H]2NC(C)=O)[C@@H](CO)O[C@H]1O. The van der Waals surface area contributed by atoms with E-state index < -0.39 is 297 Å². The van der Waals surface area contributed by atoms with Gasteiger partial charge in [0, 0.05) is 13.8 Å². The van der Waals surface area contributed by atoms with E-state index in [-0.39, 0.29) is 0 Å². The van der Waals surface area contributed by atoms with Crippen molar-refractivity contribution in [1.29, 1.82) is 0 Å². The molecule has 41 heteroatoms. The van der Waals surface area contributed by atoms with E-state index in [1.54, 1.807) is 0 Å². The van der Waals surface area contributed by atoms with Crippen molar-refractivity contribution in [2.24, 2.45) is 0 Å². The van der Waals surface area contributed by atoms with Crippen LogP contribution in [0.15, 0.2) is 0 Å². The highest BCUT2D eigenvalue weighted by atomic mass is 16.8. The zero-order chi connectivity index (χ0) is 68.5. The van der Waals surface area contributed by atoms with Crippen LogP contribution in [0.5, 0.6) is 0 Å². The van der Waals surface area contributed by atoms with Crippen LogP contribution in [0.1, 0.15) is 27.7 Å². The molecule has 540 valence electrons.